The quantitative estimate of drug-likeness (QED) is 0.0997. The van der Waals surface area contributed by atoms with Gasteiger partial charge in [-0.25, -0.2) is 14.5 Å². The number of carbonyl (C=O) groups is 4. The predicted octanol–water partition coefficient (Wildman–Crippen LogP) is 6.64. The Kier molecular flexibility index (Phi) is 16.5. The van der Waals surface area contributed by atoms with E-state index in [-0.39, 0.29) is 31.5 Å². The SMILES string of the molecule is CC(C)(C)OC(=O)N(C(=O)[C@H](Cc1ccc(OC(C)(C)C)cc1)NC(=O)[C@@H](N)Cc1ccc(OC(C)(C)C)cc1)[C@@H](CCCCN)C(=O)OCc1ccccc1. The van der Waals surface area contributed by atoms with Gasteiger partial charge in [0.25, 0.3) is 5.91 Å². The van der Waals surface area contributed by atoms with Crippen LogP contribution in [0.15, 0.2) is 78.9 Å². The van der Waals surface area contributed by atoms with Crippen LogP contribution < -0.4 is 26.3 Å². The molecule has 3 aromatic rings. The van der Waals surface area contributed by atoms with Crippen molar-refractivity contribution >= 4 is 23.9 Å². The first-order valence-electron chi connectivity index (χ1n) is 19.2. The van der Waals surface area contributed by atoms with E-state index in [9.17, 15) is 19.2 Å². The van der Waals surface area contributed by atoms with Gasteiger partial charge in [0.15, 0.2) is 0 Å². The summed E-state index contributed by atoms with van der Waals surface area (Å²) in [5.74, 6) is -0.983. The maximum atomic E-state index is 14.8. The van der Waals surface area contributed by atoms with Crippen molar-refractivity contribution in [3.63, 3.8) is 0 Å². The smallest absolute Gasteiger partial charge is 0.417 e. The molecule has 0 heterocycles. The van der Waals surface area contributed by atoms with Crippen molar-refractivity contribution in [1.82, 2.24) is 10.2 Å². The van der Waals surface area contributed by atoms with Gasteiger partial charge >= 0.3 is 12.1 Å². The van der Waals surface area contributed by atoms with Gasteiger partial charge in [0.05, 0.1) is 6.04 Å². The fourth-order valence-electron chi connectivity index (χ4n) is 5.66. The minimum atomic E-state index is -1.38. The van der Waals surface area contributed by atoms with Crippen LogP contribution in [0.4, 0.5) is 4.79 Å². The van der Waals surface area contributed by atoms with Crippen LogP contribution in [0.25, 0.3) is 0 Å². The molecule has 12 heteroatoms. The zero-order valence-corrected chi connectivity index (χ0v) is 34.6. The summed E-state index contributed by atoms with van der Waals surface area (Å²) in [6, 6.07) is 19.7. The maximum absolute atomic E-state index is 14.8. The second kappa shape index (κ2) is 20.3. The number of hydrogen-bond acceptors (Lipinski definition) is 10. The van der Waals surface area contributed by atoms with E-state index in [1.807, 2.05) is 84.0 Å². The highest BCUT2D eigenvalue weighted by atomic mass is 16.6. The third kappa shape index (κ3) is 16.0. The number of ether oxygens (including phenoxy) is 4. The summed E-state index contributed by atoms with van der Waals surface area (Å²) in [5, 5.41) is 2.81. The highest BCUT2D eigenvalue weighted by molar-refractivity contribution is 6.01. The molecule has 3 rings (SSSR count). The number of esters is 1. The summed E-state index contributed by atoms with van der Waals surface area (Å²) in [6.45, 7) is 16.9. The lowest BCUT2D eigenvalue weighted by Gasteiger charge is -2.33. The van der Waals surface area contributed by atoms with Crippen LogP contribution in [0, 0.1) is 0 Å². The molecule has 5 N–H and O–H groups in total. The number of carbonyl (C=O) groups excluding carboxylic acids is 4. The van der Waals surface area contributed by atoms with Crippen LogP contribution in [0.2, 0.25) is 0 Å². The molecule has 0 aliphatic heterocycles. The average molecular weight is 775 g/mol. The van der Waals surface area contributed by atoms with Gasteiger partial charge in [0.2, 0.25) is 5.91 Å². The van der Waals surface area contributed by atoms with E-state index in [0.717, 1.165) is 16.0 Å². The van der Waals surface area contributed by atoms with E-state index >= 15 is 0 Å². The van der Waals surface area contributed by atoms with E-state index < -0.39 is 53.2 Å². The van der Waals surface area contributed by atoms with E-state index in [1.54, 1.807) is 57.2 Å². The lowest BCUT2D eigenvalue weighted by Crippen LogP contribution is -2.59. The van der Waals surface area contributed by atoms with Crippen molar-refractivity contribution in [2.75, 3.05) is 6.54 Å². The largest absolute Gasteiger partial charge is 0.488 e. The van der Waals surface area contributed by atoms with Crippen LogP contribution in [0.5, 0.6) is 11.5 Å². The lowest BCUT2D eigenvalue weighted by atomic mass is 10.0. The molecular formula is C44H62N4O8. The van der Waals surface area contributed by atoms with Crippen LogP contribution >= 0.6 is 0 Å². The summed E-state index contributed by atoms with van der Waals surface area (Å²) in [7, 11) is 0. The normalized spacial score (nSPS) is 13.5. The van der Waals surface area contributed by atoms with Gasteiger partial charge in [-0.05, 0) is 135 Å². The minimum Gasteiger partial charge on any atom is -0.488 e. The van der Waals surface area contributed by atoms with E-state index in [1.165, 1.54) is 0 Å². The van der Waals surface area contributed by atoms with Crippen molar-refractivity contribution in [1.29, 1.82) is 0 Å². The van der Waals surface area contributed by atoms with Gasteiger partial charge < -0.3 is 35.7 Å². The zero-order valence-electron chi connectivity index (χ0n) is 34.6. The molecule has 0 bridgehead atoms. The van der Waals surface area contributed by atoms with Crippen molar-refractivity contribution in [3.05, 3.63) is 95.6 Å². The molecule has 0 radical (unpaired) electrons. The number of unbranched alkanes of at least 4 members (excludes halogenated alkanes) is 1. The standard InChI is InChI=1S/C44H62N4O8/c1-42(2,3)54-33-22-18-30(19-23-33)27-35(46)38(49)47-36(28-31-20-24-34(25-21-31)55-43(4,5)6)39(50)48(41(52)56-44(7,8)9)37(17-13-14-26-45)40(51)53-29-32-15-11-10-12-16-32/h10-12,15-16,18-25,35-37H,13-14,17,26-29,45-46H2,1-9H3,(H,47,49)/t35-,36-,37-/m0/s1. The number of nitrogens with zero attached hydrogens (tertiary/aromatic N) is 1. The summed E-state index contributed by atoms with van der Waals surface area (Å²) < 4.78 is 23.3. The fourth-order valence-corrected chi connectivity index (χ4v) is 5.66. The second-order valence-corrected chi connectivity index (χ2v) is 16.9. The van der Waals surface area contributed by atoms with Gasteiger partial charge in [-0.1, -0.05) is 54.6 Å². The molecule has 0 aliphatic carbocycles. The van der Waals surface area contributed by atoms with Gasteiger partial charge in [-0.3, -0.25) is 9.59 Å². The van der Waals surface area contributed by atoms with Crippen molar-refractivity contribution < 1.29 is 38.1 Å². The van der Waals surface area contributed by atoms with Crippen LogP contribution in [-0.4, -0.2) is 70.3 Å². The topological polar surface area (TPSA) is 173 Å². The van der Waals surface area contributed by atoms with Crippen LogP contribution in [-0.2, 0) is 43.3 Å². The van der Waals surface area contributed by atoms with Gasteiger partial charge in [0, 0.05) is 6.42 Å². The molecule has 0 aromatic heterocycles. The summed E-state index contributed by atoms with van der Waals surface area (Å²) in [5.41, 5.74) is 12.6. The van der Waals surface area contributed by atoms with Crippen molar-refractivity contribution in [2.45, 2.75) is 136 Å². The Morgan fingerprint density at radius 1 is 0.679 bits per heavy atom. The molecule has 0 unspecified atom stereocenters. The number of nitrogens with two attached hydrogens (primary N) is 2. The maximum Gasteiger partial charge on any atom is 0.417 e. The number of imide groups is 1. The first kappa shape index (κ1) is 45.4. The number of rotatable bonds is 17. The molecule has 0 aliphatic rings. The zero-order chi connectivity index (χ0) is 41.7. The van der Waals surface area contributed by atoms with Gasteiger partial charge in [0.1, 0.15) is 47.0 Å². The Morgan fingerprint density at radius 2 is 1.20 bits per heavy atom. The summed E-state index contributed by atoms with van der Waals surface area (Å²) in [4.78, 5) is 57.4. The molecule has 3 amide bonds. The van der Waals surface area contributed by atoms with Crippen LogP contribution in [0.3, 0.4) is 0 Å². The van der Waals surface area contributed by atoms with Crippen LogP contribution in [0.1, 0.15) is 98.3 Å². The van der Waals surface area contributed by atoms with E-state index in [4.69, 9.17) is 30.4 Å². The molecule has 56 heavy (non-hydrogen) atoms. The first-order chi connectivity index (χ1) is 26.1. The Labute approximate surface area is 332 Å². The van der Waals surface area contributed by atoms with Gasteiger partial charge in [-0.15, -0.1) is 0 Å². The Morgan fingerprint density at radius 3 is 1.68 bits per heavy atom. The van der Waals surface area contributed by atoms with Gasteiger partial charge in [-0.2, -0.15) is 0 Å². The molecule has 3 atom stereocenters. The fraction of sp³-hybridized carbons (Fsp3) is 0.500. The average Bonchev–Trinajstić information content (AvgIpc) is 3.09. The summed E-state index contributed by atoms with van der Waals surface area (Å²) >= 11 is 0. The van der Waals surface area contributed by atoms with E-state index in [0.29, 0.717) is 36.4 Å². The molecule has 0 spiro atoms. The molecule has 0 saturated heterocycles. The highest BCUT2D eigenvalue weighted by Crippen LogP contribution is 2.23. The molecule has 12 nitrogen and oxygen atoms in total. The Hall–Kier alpha value is -4.94. The monoisotopic (exact) mass is 774 g/mol. The molecule has 3 aromatic carbocycles. The second-order valence-electron chi connectivity index (χ2n) is 16.9. The Bertz CT molecular complexity index is 1710. The van der Waals surface area contributed by atoms with Crippen molar-refractivity contribution in [3.8, 4) is 11.5 Å². The third-order valence-corrected chi connectivity index (χ3v) is 8.11. The Balaban J connectivity index is 2.01. The highest BCUT2D eigenvalue weighted by Gasteiger charge is 2.42. The number of nitrogens with one attached hydrogen (secondary N) is 1. The molecule has 306 valence electrons. The number of hydrogen-bond donors (Lipinski definition) is 3. The molecule has 0 fully saturated rings. The number of amides is 3. The first-order valence-corrected chi connectivity index (χ1v) is 19.2. The predicted molar refractivity (Wildman–Crippen MR) is 217 cm³/mol. The van der Waals surface area contributed by atoms with Crippen molar-refractivity contribution in [2.24, 2.45) is 11.5 Å². The van der Waals surface area contributed by atoms with E-state index in [2.05, 4.69) is 5.32 Å². The lowest BCUT2D eigenvalue weighted by molar-refractivity contribution is -0.157. The summed E-state index contributed by atoms with van der Waals surface area (Å²) in [6.07, 6.45) is 0.0613. The molecular weight excluding hydrogens is 713 g/mol. The minimum absolute atomic E-state index is 0.0419. The third-order valence-electron chi connectivity index (χ3n) is 8.11. The molecule has 0 saturated carbocycles. The number of benzene rings is 3.